The van der Waals surface area contributed by atoms with Crippen molar-refractivity contribution in [2.75, 3.05) is 13.2 Å². The van der Waals surface area contributed by atoms with Crippen molar-refractivity contribution in [3.8, 4) is 0 Å². The van der Waals surface area contributed by atoms with E-state index in [2.05, 4.69) is 26.3 Å². The Morgan fingerprint density at radius 1 is 0.778 bits per heavy atom. The quantitative estimate of drug-likeness (QED) is 0.455. The molecule has 0 bridgehead atoms. The normalized spacial score (nSPS) is 14.2. The first kappa shape index (κ1) is 11.3. The zero-order valence-corrected chi connectivity index (χ0v) is 6.07. The van der Waals surface area contributed by atoms with Crippen molar-refractivity contribution in [3.63, 3.8) is 0 Å². The fourth-order valence-corrected chi connectivity index (χ4v) is 0.510. The molecule has 0 unspecified atom stereocenters. The van der Waals surface area contributed by atoms with Crippen molar-refractivity contribution in [1.29, 1.82) is 0 Å². The number of rotatable bonds is 0. The van der Waals surface area contributed by atoms with Gasteiger partial charge in [0, 0.05) is 13.2 Å². The summed E-state index contributed by atoms with van der Waals surface area (Å²) in [5.41, 5.74) is 0. The molecule has 1 heterocycles. The lowest BCUT2D eigenvalue weighted by atomic mass is 10.4. The fourth-order valence-electron chi connectivity index (χ4n) is 0.510. The third-order valence-corrected chi connectivity index (χ3v) is 0.827. The van der Waals surface area contributed by atoms with Gasteiger partial charge >= 0.3 is 0 Å². The van der Waals surface area contributed by atoms with Crippen molar-refractivity contribution >= 4 is 0 Å². The maximum absolute atomic E-state index is 4.94. The van der Waals surface area contributed by atoms with Gasteiger partial charge in [-0.25, -0.2) is 0 Å². The van der Waals surface area contributed by atoms with E-state index >= 15 is 0 Å². The Morgan fingerprint density at radius 3 is 1.22 bits per heavy atom. The maximum Gasteiger partial charge on any atom is 0.0466 e. The van der Waals surface area contributed by atoms with Gasteiger partial charge in [-0.15, -0.1) is 26.3 Å². The zero-order chi connectivity index (χ0) is 7.54. The molecule has 1 nitrogen and oxygen atoms in total. The molecule has 0 amide bonds. The molecule has 0 spiro atoms. The summed E-state index contributed by atoms with van der Waals surface area (Å²) in [6.45, 7) is 14.0. The van der Waals surface area contributed by atoms with Crippen LogP contribution in [0.5, 0.6) is 0 Å². The summed E-state index contributed by atoms with van der Waals surface area (Å²) in [5.74, 6) is 0. The molecule has 1 fully saturated rings. The van der Waals surface area contributed by atoms with Gasteiger partial charge in [0.15, 0.2) is 0 Å². The van der Waals surface area contributed by atoms with E-state index < -0.39 is 0 Å². The van der Waals surface area contributed by atoms with Crippen molar-refractivity contribution in [1.82, 2.24) is 0 Å². The molecule has 0 radical (unpaired) electrons. The Balaban J connectivity index is 0. The molecule has 0 N–H and O–H groups in total. The number of hydrogen-bond acceptors (Lipinski definition) is 1. The van der Waals surface area contributed by atoms with Crippen LogP contribution in [-0.2, 0) is 4.74 Å². The first-order valence-corrected chi connectivity index (χ1v) is 3.08. The predicted octanol–water partition coefficient (Wildman–Crippen LogP) is 2.40. The second-order valence-electron chi connectivity index (χ2n) is 1.32. The van der Waals surface area contributed by atoms with Gasteiger partial charge in [0.1, 0.15) is 0 Å². The molecule has 0 saturated carbocycles. The lowest BCUT2D eigenvalue weighted by Crippen LogP contribution is -1.74. The molecule has 1 aliphatic rings. The van der Waals surface area contributed by atoms with Crippen LogP contribution in [0, 0.1) is 0 Å². The molecular formula is C8H16O. The van der Waals surface area contributed by atoms with Crippen LogP contribution in [0.1, 0.15) is 12.8 Å². The van der Waals surface area contributed by atoms with Gasteiger partial charge in [0.25, 0.3) is 0 Å². The van der Waals surface area contributed by atoms with Crippen LogP contribution in [0.25, 0.3) is 0 Å². The average Bonchev–Trinajstić information content (AvgIpc) is 2.51. The summed E-state index contributed by atoms with van der Waals surface area (Å²) in [6, 6.07) is 0. The maximum atomic E-state index is 4.94. The topological polar surface area (TPSA) is 9.23 Å². The van der Waals surface area contributed by atoms with Crippen LogP contribution in [0.2, 0.25) is 0 Å². The van der Waals surface area contributed by atoms with Crippen molar-refractivity contribution in [3.05, 3.63) is 26.3 Å². The Kier molecular flexibility index (Phi) is 19.6. The minimum Gasteiger partial charge on any atom is -0.381 e. The van der Waals surface area contributed by atoms with E-state index in [1.807, 2.05) is 0 Å². The Morgan fingerprint density at radius 2 is 1.11 bits per heavy atom. The molecular weight excluding hydrogens is 112 g/mol. The van der Waals surface area contributed by atoms with Crippen LogP contribution in [0.3, 0.4) is 0 Å². The van der Waals surface area contributed by atoms with Crippen LogP contribution < -0.4 is 0 Å². The van der Waals surface area contributed by atoms with Gasteiger partial charge in [-0.2, -0.15) is 0 Å². The van der Waals surface area contributed by atoms with Gasteiger partial charge in [0.2, 0.25) is 0 Å². The molecule has 0 aliphatic carbocycles. The molecule has 1 saturated heterocycles. The van der Waals surface area contributed by atoms with Crippen LogP contribution in [-0.4, -0.2) is 13.2 Å². The third-order valence-electron chi connectivity index (χ3n) is 0.827. The summed E-state index contributed by atoms with van der Waals surface area (Å²) in [6.07, 6.45) is 2.56. The molecule has 1 aliphatic heterocycles. The van der Waals surface area contributed by atoms with Crippen molar-refractivity contribution < 1.29 is 4.74 Å². The molecule has 0 aromatic carbocycles. The van der Waals surface area contributed by atoms with E-state index in [0.717, 1.165) is 13.2 Å². The van der Waals surface area contributed by atoms with Gasteiger partial charge in [-0.3, -0.25) is 0 Å². The Hall–Kier alpha value is -0.560. The molecule has 1 rings (SSSR count). The van der Waals surface area contributed by atoms with Gasteiger partial charge in [-0.1, -0.05) is 0 Å². The van der Waals surface area contributed by atoms with Gasteiger partial charge in [-0.05, 0) is 12.8 Å². The summed E-state index contributed by atoms with van der Waals surface area (Å²) in [5, 5.41) is 0. The Labute approximate surface area is 58.0 Å². The molecule has 0 aromatic heterocycles. The minimum absolute atomic E-state index is 1.00. The monoisotopic (exact) mass is 128 g/mol. The first-order chi connectivity index (χ1) is 4.50. The van der Waals surface area contributed by atoms with E-state index in [9.17, 15) is 0 Å². The zero-order valence-electron chi connectivity index (χ0n) is 6.07. The van der Waals surface area contributed by atoms with E-state index in [1.165, 1.54) is 12.8 Å². The smallest absolute Gasteiger partial charge is 0.0466 e. The second kappa shape index (κ2) is 15.7. The largest absolute Gasteiger partial charge is 0.381 e. The standard InChI is InChI=1S/C4H8O.2C2H4/c1-2-4-5-3-1;2*1-2/h1-4H2;2*1-2H2. The molecule has 9 heavy (non-hydrogen) atoms. The van der Waals surface area contributed by atoms with E-state index in [4.69, 9.17) is 4.74 Å². The van der Waals surface area contributed by atoms with E-state index in [1.54, 1.807) is 0 Å². The lowest BCUT2D eigenvalue weighted by molar-refractivity contribution is 0.198. The SMILES string of the molecule is C1CCOC1.C=C.C=C. The molecule has 0 aromatic rings. The van der Waals surface area contributed by atoms with E-state index in [-0.39, 0.29) is 0 Å². The van der Waals surface area contributed by atoms with E-state index in [0.29, 0.717) is 0 Å². The summed E-state index contributed by atoms with van der Waals surface area (Å²) >= 11 is 0. The van der Waals surface area contributed by atoms with Gasteiger partial charge in [0.05, 0.1) is 0 Å². The summed E-state index contributed by atoms with van der Waals surface area (Å²) < 4.78 is 4.94. The van der Waals surface area contributed by atoms with Crippen molar-refractivity contribution in [2.45, 2.75) is 12.8 Å². The second-order valence-corrected chi connectivity index (χ2v) is 1.32. The highest BCUT2D eigenvalue weighted by Crippen LogP contribution is 1.98. The highest BCUT2D eigenvalue weighted by Gasteiger charge is 1.94. The minimum atomic E-state index is 1.00. The first-order valence-electron chi connectivity index (χ1n) is 3.08. The lowest BCUT2D eigenvalue weighted by Gasteiger charge is -1.76. The molecule has 1 heteroatoms. The van der Waals surface area contributed by atoms with Gasteiger partial charge < -0.3 is 4.74 Å². The van der Waals surface area contributed by atoms with Crippen molar-refractivity contribution in [2.24, 2.45) is 0 Å². The van der Waals surface area contributed by atoms with Crippen LogP contribution in [0.15, 0.2) is 26.3 Å². The highest BCUT2D eigenvalue weighted by atomic mass is 16.5. The fraction of sp³-hybridized carbons (Fsp3) is 0.500. The number of hydrogen-bond donors (Lipinski definition) is 0. The average molecular weight is 128 g/mol. The summed E-state index contributed by atoms with van der Waals surface area (Å²) in [7, 11) is 0. The Bertz CT molecular complexity index is 30.2. The highest BCUT2D eigenvalue weighted by molar-refractivity contribution is 4.43. The number of ether oxygens (including phenoxy) is 1. The van der Waals surface area contributed by atoms with Crippen LogP contribution in [0.4, 0.5) is 0 Å². The molecule has 0 atom stereocenters. The summed E-state index contributed by atoms with van der Waals surface area (Å²) in [4.78, 5) is 0. The third kappa shape index (κ3) is 11.2. The van der Waals surface area contributed by atoms with Crippen LogP contribution >= 0.6 is 0 Å². The predicted molar refractivity (Wildman–Crippen MR) is 42.6 cm³/mol. The molecule has 54 valence electrons.